The molecule has 2 unspecified atom stereocenters. The van der Waals surface area contributed by atoms with Crippen LogP contribution in [0.4, 0.5) is 0 Å². The van der Waals surface area contributed by atoms with E-state index in [1.807, 2.05) is 29.2 Å². The van der Waals surface area contributed by atoms with Crippen LogP contribution in [0.3, 0.4) is 0 Å². The van der Waals surface area contributed by atoms with Crippen molar-refractivity contribution >= 4 is 5.91 Å². The summed E-state index contributed by atoms with van der Waals surface area (Å²) in [5, 5.41) is 0. The lowest BCUT2D eigenvalue weighted by molar-refractivity contribution is -0.140. The lowest BCUT2D eigenvalue weighted by atomic mass is 10.1. The Morgan fingerprint density at radius 3 is 2.71 bits per heavy atom. The van der Waals surface area contributed by atoms with Crippen molar-refractivity contribution in [1.29, 1.82) is 0 Å². The second kappa shape index (κ2) is 6.03. The molecule has 1 amide bonds. The highest BCUT2D eigenvalue weighted by Gasteiger charge is 2.33. The first-order valence-corrected chi connectivity index (χ1v) is 7.66. The van der Waals surface area contributed by atoms with Gasteiger partial charge in [0, 0.05) is 45.2 Å². The highest BCUT2D eigenvalue weighted by atomic mass is 16.5. The number of benzene rings is 1. The van der Waals surface area contributed by atoms with Gasteiger partial charge in [-0.15, -0.1) is 0 Å². The number of carbonyl (C=O) groups is 1. The van der Waals surface area contributed by atoms with E-state index in [1.165, 1.54) is 0 Å². The first kappa shape index (κ1) is 14.4. The van der Waals surface area contributed by atoms with Crippen LogP contribution >= 0.6 is 0 Å². The number of nitrogens with zero attached hydrogens (tertiary/aromatic N) is 2. The standard InChI is InChI=1S/C16H23N3O2/c1-12(11-17)18-6-8-19(9-7-18)16(20)15-10-13-4-2-3-5-14(13)21-15/h2-5,12,15H,6-11,17H2,1H3. The van der Waals surface area contributed by atoms with Gasteiger partial charge in [0.25, 0.3) is 5.91 Å². The average Bonchev–Trinajstić information content (AvgIpc) is 2.97. The fraction of sp³-hybridized carbons (Fsp3) is 0.562. The van der Waals surface area contributed by atoms with E-state index in [2.05, 4.69) is 11.8 Å². The molecule has 2 N–H and O–H groups in total. The van der Waals surface area contributed by atoms with Gasteiger partial charge in [-0.3, -0.25) is 9.69 Å². The molecule has 2 aliphatic heterocycles. The molecule has 0 aromatic heterocycles. The molecular formula is C16H23N3O2. The second-order valence-electron chi connectivity index (χ2n) is 5.86. The normalized spacial score (nSPS) is 23.5. The molecule has 5 nitrogen and oxygen atoms in total. The predicted molar refractivity (Wildman–Crippen MR) is 81.2 cm³/mol. The van der Waals surface area contributed by atoms with Gasteiger partial charge in [-0.1, -0.05) is 18.2 Å². The summed E-state index contributed by atoms with van der Waals surface area (Å²) in [7, 11) is 0. The van der Waals surface area contributed by atoms with Crippen molar-refractivity contribution in [1.82, 2.24) is 9.80 Å². The van der Waals surface area contributed by atoms with E-state index in [-0.39, 0.29) is 12.0 Å². The van der Waals surface area contributed by atoms with Crippen molar-refractivity contribution in [2.75, 3.05) is 32.7 Å². The van der Waals surface area contributed by atoms with Crippen LogP contribution in [0.1, 0.15) is 12.5 Å². The van der Waals surface area contributed by atoms with Crippen molar-refractivity contribution in [3.8, 4) is 5.75 Å². The summed E-state index contributed by atoms with van der Waals surface area (Å²) in [6.07, 6.45) is 0.343. The molecule has 1 saturated heterocycles. The third-order valence-electron chi connectivity index (χ3n) is 4.51. The van der Waals surface area contributed by atoms with Crippen LogP contribution in [0.5, 0.6) is 5.75 Å². The maximum Gasteiger partial charge on any atom is 0.264 e. The van der Waals surface area contributed by atoms with Crippen molar-refractivity contribution in [2.45, 2.75) is 25.5 Å². The maximum atomic E-state index is 12.6. The summed E-state index contributed by atoms with van der Waals surface area (Å²) in [5.74, 6) is 0.970. The molecular weight excluding hydrogens is 266 g/mol. The second-order valence-corrected chi connectivity index (χ2v) is 5.86. The quantitative estimate of drug-likeness (QED) is 0.879. The number of nitrogens with two attached hydrogens (primary N) is 1. The van der Waals surface area contributed by atoms with Gasteiger partial charge in [0.15, 0.2) is 6.10 Å². The highest BCUT2D eigenvalue weighted by Crippen LogP contribution is 2.29. The van der Waals surface area contributed by atoms with Crippen molar-refractivity contribution in [3.63, 3.8) is 0 Å². The average molecular weight is 289 g/mol. The van der Waals surface area contributed by atoms with Crippen molar-refractivity contribution in [2.24, 2.45) is 5.73 Å². The Morgan fingerprint density at radius 2 is 2.05 bits per heavy atom. The number of rotatable bonds is 3. The number of para-hydroxylation sites is 1. The molecule has 3 rings (SSSR count). The fourth-order valence-electron chi connectivity index (χ4n) is 3.06. The number of piperazine rings is 1. The molecule has 21 heavy (non-hydrogen) atoms. The molecule has 0 saturated carbocycles. The van der Waals surface area contributed by atoms with E-state index in [1.54, 1.807) is 0 Å². The predicted octanol–water partition coefficient (Wildman–Crippen LogP) is 0.482. The van der Waals surface area contributed by atoms with Gasteiger partial charge in [-0.2, -0.15) is 0 Å². The minimum atomic E-state index is -0.346. The molecule has 1 aromatic carbocycles. The lowest BCUT2D eigenvalue weighted by Crippen LogP contribution is -2.55. The van der Waals surface area contributed by atoms with Crippen LogP contribution in [0, 0.1) is 0 Å². The van der Waals surface area contributed by atoms with Crippen LogP contribution in [-0.2, 0) is 11.2 Å². The number of hydrogen-bond donors (Lipinski definition) is 1. The third kappa shape index (κ3) is 2.89. The Hall–Kier alpha value is -1.59. The first-order chi connectivity index (χ1) is 10.2. The zero-order chi connectivity index (χ0) is 14.8. The van der Waals surface area contributed by atoms with E-state index in [9.17, 15) is 4.79 Å². The largest absolute Gasteiger partial charge is 0.480 e. The highest BCUT2D eigenvalue weighted by molar-refractivity contribution is 5.82. The van der Waals surface area contributed by atoms with Gasteiger partial charge in [0.1, 0.15) is 5.75 Å². The van der Waals surface area contributed by atoms with Gasteiger partial charge in [-0.25, -0.2) is 0 Å². The third-order valence-corrected chi connectivity index (χ3v) is 4.51. The van der Waals surface area contributed by atoms with Crippen molar-refractivity contribution in [3.05, 3.63) is 29.8 Å². The van der Waals surface area contributed by atoms with Crippen LogP contribution in [0.2, 0.25) is 0 Å². The molecule has 5 heteroatoms. The van der Waals surface area contributed by atoms with E-state index in [4.69, 9.17) is 10.5 Å². The molecule has 0 bridgehead atoms. The zero-order valence-electron chi connectivity index (χ0n) is 12.5. The van der Waals surface area contributed by atoms with E-state index < -0.39 is 0 Å². The van der Waals surface area contributed by atoms with Gasteiger partial charge in [-0.05, 0) is 18.6 Å². The summed E-state index contributed by atoms with van der Waals surface area (Å²) >= 11 is 0. The first-order valence-electron chi connectivity index (χ1n) is 7.66. The van der Waals surface area contributed by atoms with E-state index in [0.29, 0.717) is 19.0 Å². The number of amides is 1. The monoisotopic (exact) mass is 289 g/mol. The molecule has 0 radical (unpaired) electrons. The number of fused-ring (bicyclic) bond motifs is 1. The number of hydrogen-bond acceptors (Lipinski definition) is 4. The molecule has 0 aliphatic carbocycles. The minimum Gasteiger partial charge on any atom is -0.480 e. The lowest BCUT2D eigenvalue weighted by Gasteiger charge is -2.38. The van der Waals surface area contributed by atoms with Crippen molar-refractivity contribution < 1.29 is 9.53 Å². The molecule has 1 aromatic rings. The van der Waals surface area contributed by atoms with Crippen LogP contribution in [0.25, 0.3) is 0 Å². The SMILES string of the molecule is CC(CN)N1CCN(C(=O)C2Cc3ccccc3O2)CC1. The van der Waals surface area contributed by atoms with Crippen LogP contribution in [-0.4, -0.2) is 60.6 Å². The zero-order valence-corrected chi connectivity index (χ0v) is 12.5. The Kier molecular flexibility index (Phi) is 4.12. The van der Waals surface area contributed by atoms with Gasteiger partial charge >= 0.3 is 0 Å². The summed E-state index contributed by atoms with van der Waals surface area (Å²) in [5.41, 5.74) is 6.83. The number of ether oxygens (including phenoxy) is 1. The minimum absolute atomic E-state index is 0.117. The smallest absolute Gasteiger partial charge is 0.264 e. The molecule has 2 atom stereocenters. The Balaban J connectivity index is 1.56. The summed E-state index contributed by atoms with van der Waals surface area (Å²) < 4.78 is 5.79. The summed E-state index contributed by atoms with van der Waals surface area (Å²) in [6.45, 7) is 6.11. The Bertz CT molecular complexity index is 487. The van der Waals surface area contributed by atoms with E-state index in [0.717, 1.165) is 37.5 Å². The van der Waals surface area contributed by atoms with Gasteiger partial charge in [0.2, 0.25) is 0 Å². The summed E-state index contributed by atoms with van der Waals surface area (Å²) in [4.78, 5) is 16.8. The number of carbonyl (C=O) groups excluding carboxylic acids is 1. The fourth-order valence-corrected chi connectivity index (χ4v) is 3.06. The van der Waals surface area contributed by atoms with E-state index >= 15 is 0 Å². The molecule has 0 spiro atoms. The van der Waals surface area contributed by atoms with Crippen LogP contribution < -0.4 is 10.5 Å². The molecule has 114 valence electrons. The summed E-state index contributed by atoms with van der Waals surface area (Å²) in [6, 6.07) is 8.28. The van der Waals surface area contributed by atoms with Crippen LogP contribution in [0.15, 0.2) is 24.3 Å². The molecule has 2 heterocycles. The van der Waals surface area contributed by atoms with Gasteiger partial charge < -0.3 is 15.4 Å². The molecule has 2 aliphatic rings. The van der Waals surface area contributed by atoms with Gasteiger partial charge in [0.05, 0.1) is 0 Å². The Labute approximate surface area is 125 Å². The Morgan fingerprint density at radius 1 is 1.33 bits per heavy atom. The molecule has 1 fully saturated rings. The topological polar surface area (TPSA) is 58.8 Å². The maximum absolute atomic E-state index is 12.6.